The average molecular weight is 360 g/mol. The van der Waals surface area contributed by atoms with Gasteiger partial charge in [-0.15, -0.1) is 0 Å². The molecule has 1 aliphatic rings. The number of nitrogens with zero attached hydrogens (tertiary/aromatic N) is 1. The largest absolute Gasteiger partial charge is 0.491 e. The monoisotopic (exact) mass is 359 g/mol. The molecular weight excluding hydrogens is 341 g/mol. The molecule has 2 atom stereocenters. The number of carbonyl (C=O) groups is 2. The molecule has 2 rings (SSSR count). The van der Waals surface area contributed by atoms with E-state index in [4.69, 9.17) is 33.0 Å². The minimum absolute atomic E-state index is 0.104. The smallest absolute Gasteiger partial charge is 0.308 e. The van der Waals surface area contributed by atoms with Crippen molar-refractivity contribution in [3.63, 3.8) is 0 Å². The van der Waals surface area contributed by atoms with Crippen LogP contribution in [0.15, 0.2) is 18.2 Å². The molecule has 1 aromatic carbocycles. The lowest BCUT2D eigenvalue weighted by atomic mass is 9.90. The van der Waals surface area contributed by atoms with Crippen LogP contribution in [-0.4, -0.2) is 41.6 Å². The molecule has 1 aliphatic heterocycles. The molecule has 1 amide bonds. The molecule has 2 unspecified atom stereocenters. The Bertz CT molecular complexity index is 593. The summed E-state index contributed by atoms with van der Waals surface area (Å²) in [6.07, 6.45) is 0.786. The first-order chi connectivity index (χ1) is 10.9. The Hall–Kier alpha value is -1.46. The number of rotatable bonds is 5. The van der Waals surface area contributed by atoms with Gasteiger partial charge in [0, 0.05) is 18.1 Å². The summed E-state index contributed by atoms with van der Waals surface area (Å²) in [5.74, 6) is -0.791. The predicted molar refractivity (Wildman–Crippen MR) is 88.1 cm³/mol. The molecular formula is C16H19Cl2NO4. The molecule has 0 radical (unpaired) electrons. The standard InChI is InChI=1S/C16H19Cl2NO4/c1-10-6-11(16(21)22)9-19(8-10)15(20)4-5-23-14-3-2-12(17)7-13(14)18/h2-3,7,10-11H,4-6,8-9H2,1H3,(H,21,22). The Kier molecular flexibility index (Phi) is 6.13. The van der Waals surface area contributed by atoms with E-state index in [1.807, 2.05) is 6.92 Å². The fraction of sp³-hybridized carbons (Fsp3) is 0.500. The summed E-state index contributed by atoms with van der Waals surface area (Å²) >= 11 is 11.8. The van der Waals surface area contributed by atoms with E-state index in [-0.39, 0.29) is 31.4 Å². The minimum atomic E-state index is -0.849. The third-order valence-corrected chi connectivity index (χ3v) is 4.36. The third kappa shape index (κ3) is 5.01. The van der Waals surface area contributed by atoms with E-state index in [2.05, 4.69) is 0 Å². The number of amides is 1. The zero-order chi connectivity index (χ0) is 17.0. The van der Waals surface area contributed by atoms with Crippen LogP contribution >= 0.6 is 23.2 Å². The van der Waals surface area contributed by atoms with Crippen LogP contribution in [0.3, 0.4) is 0 Å². The molecule has 0 bridgehead atoms. The van der Waals surface area contributed by atoms with Crippen LogP contribution in [0.1, 0.15) is 19.8 Å². The second kappa shape index (κ2) is 7.88. The molecule has 126 valence electrons. The highest BCUT2D eigenvalue weighted by molar-refractivity contribution is 6.35. The number of likely N-dealkylation sites (tertiary alicyclic amines) is 1. The summed E-state index contributed by atoms with van der Waals surface area (Å²) in [5.41, 5.74) is 0. The van der Waals surface area contributed by atoms with Crippen molar-refractivity contribution in [2.24, 2.45) is 11.8 Å². The Morgan fingerprint density at radius 3 is 2.74 bits per heavy atom. The zero-order valence-electron chi connectivity index (χ0n) is 12.8. The van der Waals surface area contributed by atoms with Crippen LogP contribution < -0.4 is 4.74 Å². The maximum Gasteiger partial charge on any atom is 0.308 e. The van der Waals surface area contributed by atoms with Gasteiger partial charge in [0.15, 0.2) is 0 Å². The summed E-state index contributed by atoms with van der Waals surface area (Å²) in [7, 11) is 0. The van der Waals surface area contributed by atoms with Gasteiger partial charge in [-0.3, -0.25) is 9.59 Å². The van der Waals surface area contributed by atoms with Crippen LogP contribution in [0.4, 0.5) is 0 Å². The quantitative estimate of drug-likeness (QED) is 0.875. The summed E-state index contributed by atoms with van der Waals surface area (Å²) in [5, 5.41) is 10.1. The number of hydrogen-bond donors (Lipinski definition) is 1. The van der Waals surface area contributed by atoms with Crippen LogP contribution in [0.2, 0.25) is 10.0 Å². The molecule has 1 heterocycles. The molecule has 1 N–H and O–H groups in total. The van der Waals surface area contributed by atoms with Crippen LogP contribution in [-0.2, 0) is 9.59 Å². The Balaban J connectivity index is 1.85. The van der Waals surface area contributed by atoms with Crippen LogP contribution in [0, 0.1) is 11.8 Å². The lowest BCUT2D eigenvalue weighted by Crippen LogP contribution is -2.45. The second-order valence-electron chi connectivity index (χ2n) is 5.85. The van der Waals surface area contributed by atoms with Crippen molar-refractivity contribution in [1.82, 2.24) is 4.90 Å². The van der Waals surface area contributed by atoms with Gasteiger partial charge in [-0.2, -0.15) is 0 Å². The maximum atomic E-state index is 12.2. The first-order valence-electron chi connectivity index (χ1n) is 7.45. The lowest BCUT2D eigenvalue weighted by molar-refractivity contribution is -0.147. The highest BCUT2D eigenvalue weighted by Crippen LogP contribution is 2.28. The van der Waals surface area contributed by atoms with E-state index in [1.165, 1.54) is 0 Å². The summed E-state index contributed by atoms with van der Waals surface area (Å²) < 4.78 is 5.50. The molecule has 0 spiro atoms. The number of piperidine rings is 1. The molecule has 0 aliphatic carbocycles. The summed E-state index contributed by atoms with van der Waals surface area (Å²) in [4.78, 5) is 25.0. The van der Waals surface area contributed by atoms with E-state index in [1.54, 1.807) is 23.1 Å². The molecule has 0 aromatic heterocycles. The fourth-order valence-corrected chi connectivity index (χ4v) is 3.20. The molecule has 5 nitrogen and oxygen atoms in total. The first kappa shape index (κ1) is 17.9. The summed E-state index contributed by atoms with van der Waals surface area (Å²) in [6.45, 7) is 2.99. The normalized spacial score (nSPS) is 21.1. The number of carboxylic acid groups (broad SMARTS) is 1. The predicted octanol–water partition coefficient (Wildman–Crippen LogP) is 3.33. The van der Waals surface area contributed by atoms with E-state index in [9.17, 15) is 9.59 Å². The van der Waals surface area contributed by atoms with Gasteiger partial charge in [-0.25, -0.2) is 0 Å². The summed E-state index contributed by atoms with van der Waals surface area (Å²) in [6, 6.07) is 4.89. The molecule has 23 heavy (non-hydrogen) atoms. The molecule has 1 aromatic rings. The van der Waals surface area contributed by atoms with Crippen molar-refractivity contribution in [3.8, 4) is 5.75 Å². The third-order valence-electron chi connectivity index (χ3n) is 3.83. The van der Waals surface area contributed by atoms with Gasteiger partial charge in [-0.05, 0) is 30.5 Å². The van der Waals surface area contributed by atoms with Crippen molar-refractivity contribution in [1.29, 1.82) is 0 Å². The number of benzene rings is 1. The van der Waals surface area contributed by atoms with Crippen molar-refractivity contribution < 1.29 is 19.4 Å². The van der Waals surface area contributed by atoms with Gasteiger partial charge in [0.1, 0.15) is 5.75 Å². The van der Waals surface area contributed by atoms with Crippen LogP contribution in [0.5, 0.6) is 5.75 Å². The Morgan fingerprint density at radius 1 is 1.35 bits per heavy atom. The molecule has 1 fully saturated rings. The number of aliphatic carboxylic acids is 1. The SMILES string of the molecule is CC1CC(C(=O)O)CN(C(=O)CCOc2ccc(Cl)cc2Cl)C1. The van der Waals surface area contributed by atoms with Gasteiger partial charge in [-0.1, -0.05) is 30.1 Å². The van der Waals surface area contributed by atoms with Gasteiger partial charge in [0.05, 0.1) is 24.0 Å². The van der Waals surface area contributed by atoms with Crippen molar-refractivity contribution in [2.75, 3.05) is 19.7 Å². The Morgan fingerprint density at radius 2 is 2.09 bits per heavy atom. The highest BCUT2D eigenvalue weighted by atomic mass is 35.5. The molecule has 7 heteroatoms. The molecule has 0 saturated carbocycles. The average Bonchev–Trinajstić information content (AvgIpc) is 2.48. The van der Waals surface area contributed by atoms with Gasteiger partial charge >= 0.3 is 5.97 Å². The number of halogens is 2. The maximum absolute atomic E-state index is 12.2. The van der Waals surface area contributed by atoms with Crippen molar-refractivity contribution in [2.45, 2.75) is 19.8 Å². The van der Waals surface area contributed by atoms with E-state index >= 15 is 0 Å². The first-order valence-corrected chi connectivity index (χ1v) is 8.21. The van der Waals surface area contributed by atoms with E-state index < -0.39 is 11.9 Å². The Labute approximate surface area is 145 Å². The lowest BCUT2D eigenvalue weighted by Gasteiger charge is -2.34. The van der Waals surface area contributed by atoms with Gasteiger partial charge < -0.3 is 14.7 Å². The topological polar surface area (TPSA) is 66.8 Å². The number of carboxylic acids is 1. The fourth-order valence-electron chi connectivity index (χ4n) is 2.73. The highest BCUT2D eigenvalue weighted by Gasteiger charge is 2.31. The van der Waals surface area contributed by atoms with E-state index in [0.29, 0.717) is 28.8 Å². The molecule has 1 saturated heterocycles. The minimum Gasteiger partial charge on any atom is -0.491 e. The van der Waals surface area contributed by atoms with Gasteiger partial charge in [0.25, 0.3) is 0 Å². The van der Waals surface area contributed by atoms with Crippen LogP contribution in [0.25, 0.3) is 0 Å². The number of ether oxygens (including phenoxy) is 1. The second-order valence-corrected chi connectivity index (χ2v) is 6.69. The zero-order valence-corrected chi connectivity index (χ0v) is 14.3. The van der Waals surface area contributed by atoms with Crippen molar-refractivity contribution >= 4 is 35.1 Å². The van der Waals surface area contributed by atoms with E-state index in [0.717, 1.165) is 0 Å². The van der Waals surface area contributed by atoms with Crippen molar-refractivity contribution in [3.05, 3.63) is 28.2 Å². The number of hydrogen-bond acceptors (Lipinski definition) is 3. The van der Waals surface area contributed by atoms with Gasteiger partial charge in [0.2, 0.25) is 5.91 Å². The number of carbonyl (C=O) groups excluding carboxylic acids is 1.